The van der Waals surface area contributed by atoms with E-state index in [2.05, 4.69) is 9.97 Å². The molecule has 2 N–H and O–H groups in total. The highest BCUT2D eigenvalue weighted by molar-refractivity contribution is 7.80. The molecule has 7 heteroatoms. The molecule has 1 saturated heterocycles. The molecular weight excluding hydrogens is 264 g/mol. The van der Waals surface area contributed by atoms with Crippen molar-refractivity contribution in [3.8, 4) is 0 Å². The van der Waals surface area contributed by atoms with Crippen LogP contribution in [-0.2, 0) is 9.53 Å². The number of hydrogen-bond acceptors (Lipinski definition) is 6. The highest BCUT2D eigenvalue weighted by Crippen LogP contribution is 2.26. The van der Waals surface area contributed by atoms with Crippen LogP contribution in [0.25, 0.3) is 0 Å². The van der Waals surface area contributed by atoms with Gasteiger partial charge in [-0.1, -0.05) is 19.1 Å². The minimum absolute atomic E-state index is 0.151. The van der Waals surface area contributed by atoms with Crippen molar-refractivity contribution < 1.29 is 9.53 Å². The smallest absolute Gasteiger partial charge is 0.310 e. The van der Waals surface area contributed by atoms with Crippen LogP contribution in [-0.4, -0.2) is 41.1 Å². The van der Waals surface area contributed by atoms with Gasteiger partial charge < -0.3 is 15.4 Å². The zero-order chi connectivity index (χ0) is 14.0. The van der Waals surface area contributed by atoms with Crippen LogP contribution in [0.5, 0.6) is 0 Å². The van der Waals surface area contributed by atoms with Gasteiger partial charge in [0.1, 0.15) is 10.7 Å². The van der Waals surface area contributed by atoms with Crippen LogP contribution in [0, 0.1) is 11.8 Å². The van der Waals surface area contributed by atoms with Crippen molar-refractivity contribution in [3.63, 3.8) is 0 Å². The van der Waals surface area contributed by atoms with E-state index in [9.17, 15) is 4.79 Å². The number of rotatable bonds is 3. The molecule has 1 aliphatic rings. The Morgan fingerprint density at radius 2 is 2.32 bits per heavy atom. The number of carbonyl (C=O) groups excluding carboxylic acids is 1. The number of hydrogen-bond donors (Lipinski definition) is 1. The second-order valence-electron chi connectivity index (χ2n) is 4.62. The van der Waals surface area contributed by atoms with E-state index in [4.69, 9.17) is 22.7 Å². The summed E-state index contributed by atoms with van der Waals surface area (Å²) in [7, 11) is 1.40. The third-order valence-electron chi connectivity index (χ3n) is 3.29. The Bertz CT molecular complexity index is 508. The van der Waals surface area contributed by atoms with Gasteiger partial charge in [-0.15, -0.1) is 0 Å². The topological polar surface area (TPSA) is 81.3 Å². The van der Waals surface area contributed by atoms with Gasteiger partial charge in [-0.25, -0.2) is 9.97 Å². The van der Waals surface area contributed by atoms with Crippen LogP contribution in [0.1, 0.15) is 12.6 Å². The van der Waals surface area contributed by atoms with Gasteiger partial charge >= 0.3 is 5.97 Å². The fourth-order valence-corrected chi connectivity index (χ4v) is 2.34. The normalized spacial score (nSPS) is 22.3. The molecule has 0 saturated carbocycles. The molecule has 0 spiro atoms. The second-order valence-corrected chi connectivity index (χ2v) is 5.06. The summed E-state index contributed by atoms with van der Waals surface area (Å²) in [5, 5.41) is 0. The summed E-state index contributed by atoms with van der Waals surface area (Å²) >= 11 is 4.90. The molecule has 0 aliphatic carbocycles. The largest absolute Gasteiger partial charge is 0.469 e. The van der Waals surface area contributed by atoms with E-state index in [0.29, 0.717) is 24.7 Å². The first kappa shape index (κ1) is 13.7. The van der Waals surface area contributed by atoms with Gasteiger partial charge in [-0.2, -0.15) is 0 Å². The maximum atomic E-state index is 11.6. The van der Waals surface area contributed by atoms with Gasteiger partial charge in [0.05, 0.1) is 13.0 Å². The molecule has 2 atom stereocenters. The molecule has 2 heterocycles. The third-order valence-corrected chi connectivity index (χ3v) is 3.50. The summed E-state index contributed by atoms with van der Waals surface area (Å²) in [6, 6.07) is 1.67. The van der Waals surface area contributed by atoms with Crippen molar-refractivity contribution in [3.05, 3.63) is 18.0 Å². The fraction of sp³-hybridized carbons (Fsp3) is 0.500. The summed E-state index contributed by atoms with van der Waals surface area (Å²) in [5.74, 6) is 0.399. The minimum atomic E-state index is -0.194. The van der Waals surface area contributed by atoms with Crippen LogP contribution in [0.2, 0.25) is 0 Å². The summed E-state index contributed by atoms with van der Waals surface area (Å²) in [6.07, 6.45) is 1.62. The monoisotopic (exact) mass is 280 g/mol. The Morgan fingerprint density at radius 3 is 2.95 bits per heavy atom. The zero-order valence-corrected chi connectivity index (χ0v) is 11.7. The molecule has 2 rings (SSSR count). The van der Waals surface area contributed by atoms with Gasteiger partial charge in [0.25, 0.3) is 0 Å². The molecule has 2 unspecified atom stereocenters. The van der Waals surface area contributed by atoms with Crippen LogP contribution >= 0.6 is 12.2 Å². The molecule has 102 valence electrons. The number of aromatic nitrogens is 2. The molecule has 1 aromatic rings. The first-order valence-corrected chi connectivity index (χ1v) is 6.39. The van der Waals surface area contributed by atoms with Crippen molar-refractivity contribution in [2.45, 2.75) is 6.92 Å². The molecule has 0 amide bonds. The molecule has 6 nitrogen and oxygen atoms in total. The van der Waals surface area contributed by atoms with Crippen LogP contribution < -0.4 is 10.6 Å². The minimum Gasteiger partial charge on any atom is -0.469 e. The summed E-state index contributed by atoms with van der Waals surface area (Å²) in [4.78, 5) is 22.3. The highest BCUT2D eigenvalue weighted by atomic mass is 32.1. The molecule has 0 aromatic carbocycles. The Balaban J connectivity index is 2.18. The maximum absolute atomic E-state index is 11.6. The second kappa shape index (κ2) is 5.48. The van der Waals surface area contributed by atoms with E-state index < -0.39 is 0 Å². The number of nitrogens with zero attached hydrogens (tertiary/aromatic N) is 3. The standard InChI is InChI=1S/C12H16N4O2S/c1-7-5-16(6-8(7)11(17)18-2)12-14-4-3-9(15-12)10(13)19/h3-4,7-8H,5-6H2,1-2H3,(H2,13,19). The summed E-state index contributed by atoms with van der Waals surface area (Å²) in [5.41, 5.74) is 6.09. The van der Waals surface area contributed by atoms with E-state index in [1.807, 2.05) is 11.8 Å². The van der Waals surface area contributed by atoms with Gasteiger partial charge in [-0.05, 0) is 12.0 Å². The predicted molar refractivity (Wildman–Crippen MR) is 74.8 cm³/mol. The lowest BCUT2D eigenvalue weighted by Gasteiger charge is -2.16. The lowest BCUT2D eigenvalue weighted by Crippen LogP contribution is -2.26. The Labute approximate surface area is 117 Å². The molecule has 1 aliphatic heterocycles. The number of ether oxygens (including phenoxy) is 1. The van der Waals surface area contributed by atoms with E-state index in [1.54, 1.807) is 12.3 Å². The van der Waals surface area contributed by atoms with Crippen molar-refractivity contribution in [1.82, 2.24) is 9.97 Å². The Hall–Kier alpha value is -1.76. The van der Waals surface area contributed by atoms with Gasteiger partial charge in [-0.3, -0.25) is 4.79 Å². The van der Waals surface area contributed by atoms with Gasteiger partial charge in [0, 0.05) is 19.3 Å². The molecule has 1 aromatic heterocycles. The predicted octanol–water partition coefficient (Wildman–Crippen LogP) is 0.356. The van der Waals surface area contributed by atoms with E-state index in [-0.39, 0.29) is 22.8 Å². The van der Waals surface area contributed by atoms with Crippen LogP contribution in [0.15, 0.2) is 12.3 Å². The average Bonchev–Trinajstić information content (AvgIpc) is 2.80. The number of esters is 1. The number of methoxy groups -OCH3 is 1. The fourth-order valence-electron chi connectivity index (χ4n) is 2.23. The van der Waals surface area contributed by atoms with Crippen molar-refractivity contribution in [2.24, 2.45) is 17.6 Å². The first-order chi connectivity index (χ1) is 9.02. The Kier molecular flexibility index (Phi) is 3.94. The Morgan fingerprint density at radius 1 is 1.58 bits per heavy atom. The summed E-state index contributed by atoms with van der Waals surface area (Å²) in [6.45, 7) is 3.27. The van der Waals surface area contributed by atoms with Crippen molar-refractivity contribution in [1.29, 1.82) is 0 Å². The maximum Gasteiger partial charge on any atom is 0.310 e. The lowest BCUT2D eigenvalue weighted by atomic mass is 9.99. The summed E-state index contributed by atoms with van der Waals surface area (Å²) < 4.78 is 4.80. The molecule has 0 radical (unpaired) electrons. The number of thiocarbonyl (C=S) groups is 1. The molecule has 19 heavy (non-hydrogen) atoms. The van der Waals surface area contributed by atoms with Crippen molar-refractivity contribution in [2.75, 3.05) is 25.1 Å². The average molecular weight is 280 g/mol. The van der Waals surface area contributed by atoms with Crippen LogP contribution in [0.4, 0.5) is 5.95 Å². The number of anilines is 1. The quantitative estimate of drug-likeness (QED) is 0.632. The van der Waals surface area contributed by atoms with E-state index >= 15 is 0 Å². The van der Waals surface area contributed by atoms with Crippen molar-refractivity contribution >= 4 is 29.1 Å². The molecular formula is C12H16N4O2S. The van der Waals surface area contributed by atoms with Crippen LogP contribution in [0.3, 0.4) is 0 Å². The van der Waals surface area contributed by atoms with Gasteiger partial charge in [0.15, 0.2) is 0 Å². The lowest BCUT2D eigenvalue weighted by molar-refractivity contribution is -0.145. The number of carbonyl (C=O) groups is 1. The molecule has 0 bridgehead atoms. The number of nitrogens with two attached hydrogens (primary N) is 1. The first-order valence-electron chi connectivity index (χ1n) is 5.98. The van der Waals surface area contributed by atoms with E-state index in [1.165, 1.54) is 7.11 Å². The highest BCUT2D eigenvalue weighted by Gasteiger charge is 2.36. The van der Waals surface area contributed by atoms with Gasteiger partial charge in [0.2, 0.25) is 5.95 Å². The molecule has 1 fully saturated rings. The SMILES string of the molecule is COC(=O)C1CN(c2nccc(C(N)=S)n2)CC1C. The van der Waals surface area contributed by atoms with E-state index in [0.717, 1.165) is 0 Å². The zero-order valence-electron chi connectivity index (χ0n) is 10.9. The third kappa shape index (κ3) is 2.81.